The zero-order valence-corrected chi connectivity index (χ0v) is 18.5. The van der Waals surface area contributed by atoms with Crippen LogP contribution in [0.4, 0.5) is 15.9 Å². The van der Waals surface area contributed by atoms with E-state index in [4.69, 9.17) is 0 Å². The van der Waals surface area contributed by atoms with Crippen molar-refractivity contribution in [2.75, 3.05) is 43.4 Å². The summed E-state index contributed by atoms with van der Waals surface area (Å²) in [6.45, 7) is 4.83. The molecule has 0 aliphatic carbocycles. The van der Waals surface area contributed by atoms with Crippen LogP contribution < -0.4 is 10.2 Å². The van der Waals surface area contributed by atoms with E-state index in [0.29, 0.717) is 22.6 Å². The first-order valence-corrected chi connectivity index (χ1v) is 10.8. The third kappa shape index (κ3) is 4.14. The fourth-order valence-electron chi connectivity index (χ4n) is 4.22. The monoisotopic (exact) mass is 445 g/mol. The van der Waals surface area contributed by atoms with Crippen LogP contribution in [0, 0.1) is 5.95 Å². The van der Waals surface area contributed by atoms with Crippen LogP contribution >= 0.6 is 0 Å². The maximum Gasteiger partial charge on any atom is 0.222 e. The number of hydrogen-bond donors (Lipinski definition) is 2. The molecule has 1 amide bonds. The minimum Gasteiger partial charge on any atom is -0.367 e. The molecule has 4 aromatic rings. The van der Waals surface area contributed by atoms with Gasteiger partial charge in [0.1, 0.15) is 11.3 Å². The molecule has 9 heteroatoms. The molecule has 5 rings (SSSR count). The summed E-state index contributed by atoms with van der Waals surface area (Å²) in [5.41, 5.74) is 4.98. The van der Waals surface area contributed by atoms with Crippen LogP contribution in [0.15, 0.2) is 48.8 Å². The van der Waals surface area contributed by atoms with Gasteiger partial charge >= 0.3 is 0 Å². The Morgan fingerprint density at radius 2 is 1.91 bits per heavy atom. The second-order valence-corrected chi connectivity index (χ2v) is 8.18. The lowest BCUT2D eigenvalue weighted by atomic mass is 10.0. The minimum absolute atomic E-state index is 0.206. The lowest BCUT2D eigenvalue weighted by molar-refractivity contribution is -0.114. The van der Waals surface area contributed by atoms with Crippen molar-refractivity contribution in [2.24, 2.45) is 0 Å². The number of nitrogens with zero attached hydrogens (tertiary/aromatic N) is 5. The van der Waals surface area contributed by atoms with E-state index >= 15 is 0 Å². The molecule has 0 spiro atoms. The highest BCUT2D eigenvalue weighted by Gasteiger charge is 2.24. The Morgan fingerprint density at radius 3 is 2.64 bits per heavy atom. The van der Waals surface area contributed by atoms with E-state index in [-0.39, 0.29) is 5.91 Å². The molecule has 0 bridgehead atoms. The molecule has 33 heavy (non-hydrogen) atoms. The summed E-state index contributed by atoms with van der Waals surface area (Å²) in [6.07, 6.45) is 3.33. The number of aromatic amines is 1. The summed E-state index contributed by atoms with van der Waals surface area (Å²) in [5, 5.41) is 2.72. The van der Waals surface area contributed by atoms with Crippen molar-refractivity contribution in [1.82, 2.24) is 24.8 Å². The number of hydrogen-bond acceptors (Lipinski definition) is 6. The molecule has 1 aliphatic heterocycles. The first-order chi connectivity index (χ1) is 16.0. The summed E-state index contributed by atoms with van der Waals surface area (Å²) in [6, 6.07) is 10.7. The van der Waals surface area contributed by atoms with Crippen molar-refractivity contribution >= 4 is 28.4 Å². The Labute approximate surface area is 190 Å². The molecule has 1 aliphatic rings. The van der Waals surface area contributed by atoms with Gasteiger partial charge in [-0.1, -0.05) is 6.07 Å². The van der Waals surface area contributed by atoms with Gasteiger partial charge in [-0.2, -0.15) is 4.39 Å². The molecular formula is C24H24FN7O. The summed E-state index contributed by atoms with van der Waals surface area (Å²) in [7, 11) is 2.09. The topological polar surface area (TPSA) is 90.0 Å². The standard InChI is InChI=1S/C24H24FN7O/c1-15(33)28-20-13-16(6-8-27-20)22-21(17-5-3-4-7-26-17)24-23(30-22)18(14-19(25)29-24)32-11-9-31(2)10-12-32/h3-8,13-14,30H,9-12H2,1-2H3,(H,27,28,33). The van der Waals surface area contributed by atoms with E-state index in [1.807, 2.05) is 24.3 Å². The van der Waals surface area contributed by atoms with Gasteiger partial charge in [0, 0.05) is 57.1 Å². The average molecular weight is 446 g/mol. The number of H-pyrrole nitrogens is 1. The number of halogens is 1. The quantitative estimate of drug-likeness (QED) is 0.467. The number of likely N-dealkylation sites (N-methyl/N-ethyl adjacent to an activating group) is 1. The van der Waals surface area contributed by atoms with Crippen molar-refractivity contribution in [1.29, 1.82) is 0 Å². The fourth-order valence-corrected chi connectivity index (χ4v) is 4.22. The fraction of sp³-hybridized carbons (Fsp3) is 0.250. The SMILES string of the molecule is CC(=O)Nc1cc(-c2[nH]c3c(N4CCN(C)CC4)cc(F)nc3c2-c2ccccn2)ccn1. The van der Waals surface area contributed by atoms with Crippen LogP contribution in [0.5, 0.6) is 0 Å². The number of nitrogens with one attached hydrogen (secondary N) is 2. The van der Waals surface area contributed by atoms with Gasteiger partial charge in [-0.3, -0.25) is 9.78 Å². The lowest BCUT2D eigenvalue weighted by Gasteiger charge is -2.34. The van der Waals surface area contributed by atoms with Crippen LogP contribution in [0.3, 0.4) is 0 Å². The second kappa shape index (κ2) is 8.59. The molecule has 0 saturated carbocycles. The smallest absolute Gasteiger partial charge is 0.222 e. The third-order valence-corrected chi connectivity index (χ3v) is 5.82. The molecule has 4 aromatic heterocycles. The highest BCUT2D eigenvalue weighted by Crippen LogP contribution is 2.40. The lowest BCUT2D eigenvalue weighted by Crippen LogP contribution is -2.44. The van der Waals surface area contributed by atoms with Crippen LogP contribution in [0.25, 0.3) is 33.5 Å². The average Bonchev–Trinajstić information content (AvgIpc) is 3.19. The van der Waals surface area contributed by atoms with Crippen molar-refractivity contribution in [2.45, 2.75) is 6.92 Å². The second-order valence-electron chi connectivity index (χ2n) is 8.18. The van der Waals surface area contributed by atoms with Crippen LogP contribution in [0.2, 0.25) is 0 Å². The largest absolute Gasteiger partial charge is 0.367 e. The summed E-state index contributed by atoms with van der Waals surface area (Å²) in [4.78, 5) is 32.5. The van der Waals surface area contributed by atoms with E-state index in [9.17, 15) is 9.18 Å². The molecule has 5 heterocycles. The van der Waals surface area contributed by atoms with Gasteiger partial charge in [-0.25, -0.2) is 9.97 Å². The number of carbonyl (C=O) groups excluding carboxylic acids is 1. The predicted octanol–water partition coefficient (Wildman–Crippen LogP) is 3.54. The Hall–Kier alpha value is -3.85. The van der Waals surface area contributed by atoms with Crippen molar-refractivity contribution in [3.05, 3.63) is 54.7 Å². The Kier molecular flexibility index (Phi) is 5.47. The van der Waals surface area contributed by atoms with E-state index in [1.54, 1.807) is 18.5 Å². The molecule has 168 valence electrons. The number of piperazine rings is 1. The molecule has 0 radical (unpaired) electrons. The van der Waals surface area contributed by atoms with Gasteiger partial charge in [0.2, 0.25) is 11.9 Å². The molecule has 1 saturated heterocycles. The molecule has 0 unspecified atom stereocenters. The van der Waals surface area contributed by atoms with Gasteiger partial charge in [0.15, 0.2) is 0 Å². The minimum atomic E-state index is -0.534. The molecule has 2 N–H and O–H groups in total. The number of aromatic nitrogens is 4. The van der Waals surface area contributed by atoms with Gasteiger partial charge in [0.05, 0.1) is 28.2 Å². The van der Waals surface area contributed by atoms with E-state index in [1.165, 1.54) is 13.0 Å². The third-order valence-electron chi connectivity index (χ3n) is 5.82. The van der Waals surface area contributed by atoms with Gasteiger partial charge in [0.25, 0.3) is 0 Å². The van der Waals surface area contributed by atoms with E-state index < -0.39 is 5.95 Å². The number of carbonyl (C=O) groups is 1. The molecule has 8 nitrogen and oxygen atoms in total. The molecule has 1 fully saturated rings. The number of fused-ring (bicyclic) bond motifs is 1. The number of pyridine rings is 3. The van der Waals surface area contributed by atoms with Gasteiger partial charge in [-0.05, 0) is 31.3 Å². The van der Waals surface area contributed by atoms with Gasteiger partial charge < -0.3 is 20.1 Å². The van der Waals surface area contributed by atoms with Crippen LogP contribution in [-0.2, 0) is 4.79 Å². The number of anilines is 2. The highest BCUT2D eigenvalue weighted by molar-refractivity contribution is 6.05. The highest BCUT2D eigenvalue weighted by atomic mass is 19.1. The Bertz CT molecular complexity index is 1310. The molecule has 0 aromatic carbocycles. The predicted molar refractivity (Wildman–Crippen MR) is 127 cm³/mol. The van der Waals surface area contributed by atoms with E-state index in [0.717, 1.165) is 48.6 Å². The normalized spacial score (nSPS) is 14.6. The zero-order chi connectivity index (χ0) is 22.9. The van der Waals surface area contributed by atoms with Crippen molar-refractivity contribution < 1.29 is 9.18 Å². The molecular weight excluding hydrogens is 421 g/mol. The summed E-state index contributed by atoms with van der Waals surface area (Å²) < 4.78 is 14.8. The summed E-state index contributed by atoms with van der Waals surface area (Å²) >= 11 is 0. The van der Waals surface area contributed by atoms with Crippen LogP contribution in [-0.4, -0.2) is 64.0 Å². The maximum atomic E-state index is 14.8. The molecule has 0 atom stereocenters. The number of amides is 1. The Balaban J connectivity index is 1.74. The van der Waals surface area contributed by atoms with E-state index in [2.05, 4.69) is 42.1 Å². The Morgan fingerprint density at radius 1 is 1.09 bits per heavy atom. The van der Waals surface area contributed by atoms with Crippen molar-refractivity contribution in [3.8, 4) is 22.5 Å². The summed E-state index contributed by atoms with van der Waals surface area (Å²) in [5.74, 6) is -0.306. The maximum absolute atomic E-state index is 14.8. The first-order valence-electron chi connectivity index (χ1n) is 10.8. The van der Waals surface area contributed by atoms with Crippen molar-refractivity contribution in [3.63, 3.8) is 0 Å². The zero-order valence-electron chi connectivity index (χ0n) is 18.5. The van der Waals surface area contributed by atoms with Gasteiger partial charge in [-0.15, -0.1) is 0 Å². The number of rotatable bonds is 4. The first kappa shape index (κ1) is 21.0. The van der Waals surface area contributed by atoms with Crippen LogP contribution in [0.1, 0.15) is 6.92 Å².